The van der Waals surface area contributed by atoms with Crippen molar-refractivity contribution in [2.75, 3.05) is 6.61 Å². The maximum Gasteiger partial charge on any atom is 0.268 e. The Balaban J connectivity index is 1.61. The molecule has 0 aliphatic carbocycles. The van der Waals surface area contributed by atoms with Gasteiger partial charge in [0.05, 0.1) is 6.61 Å². The molecular weight excluding hydrogens is 337 g/mol. The SMILES string of the molecule is O=C(N[C@@H](CO)C(=O)NCc1ccc(F)cc1)c1cc2ccccc2[nH]1. The lowest BCUT2D eigenvalue weighted by Crippen LogP contribution is -2.48. The lowest BCUT2D eigenvalue weighted by atomic mass is 10.2. The van der Waals surface area contributed by atoms with E-state index in [-0.39, 0.29) is 12.4 Å². The molecule has 0 aliphatic rings. The molecular formula is C19H18FN3O3. The Bertz CT molecular complexity index is 888. The topological polar surface area (TPSA) is 94.2 Å². The summed E-state index contributed by atoms with van der Waals surface area (Å²) in [7, 11) is 0. The Kier molecular flexibility index (Phi) is 5.28. The van der Waals surface area contributed by atoms with Crippen LogP contribution >= 0.6 is 0 Å². The van der Waals surface area contributed by atoms with Crippen LogP contribution < -0.4 is 10.6 Å². The number of aliphatic hydroxyl groups is 1. The third-order valence-electron chi connectivity index (χ3n) is 3.96. The number of H-pyrrole nitrogens is 1. The Morgan fingerprint density at radius 1 is 1.12 bits per heavy atom. The van der Waals surface area contributed by atoms with Crippen molar-refractivity contribution in [1.29, 1.82) is 0 Å². The normalized spacial score (nSPS) is 11.9. The molecule has 1 heterocycles. The molecule has 3 rings (SSSR count). The number of hydrogen-bond acceptors (Lipinski definition) is 3. The van der Waals surface area contributed by atoms with Crippen LogP contribution in [0.25, 0.3) is 10.9 Å². The van der Waals surface area contributed by atoms with Crippen molar-refractivity contribution < 1.29 is 19.1 Å². The first-order chi connectivity index (χ1) is 12.6. The van der Waals surface area contributed by atoms with E-state index in [0.717, 1.165) is 10.9 Å². The molecule has 26 heavy (non-hydrogen) atoms. The van der Waals surface area contributed by atoms with Crippen LogP contribution in [0.5, 0.6) is 0 Å². The van der Waals surface area contributed by atoms with Gasteiger partial charge in [-0.15, -0.1) is 0 Å². The summed E-state index contributed by atoms with van der Waals surface area (Å²) in [4.78, 5) is 27.5. The van der Waals surface area contributed by atoms with E-state index in [1.54, 1.807) is 18.2 Å². The smallest absolute Gasteiger partial charge is 0.268 e. The fraction of sp³-hybridized carbons (Fsp3) is 0.158. The highest BCUT2D eigenvalue weighted by atomic mass is 19.1. The van der Waals surface area contributed by atoms with Crippen LogP contribution in [0.4, 0.5) is 4.39 Å². The predicted molar refractivity (Wildman–Crippen MR) is 94.9 cm³/mol. The highest BCUT2D eigenvalue weighted by Crippen LogP contribution is 2.14. The van der Waals surface area contributed by atoms with Gasteiger partial charge in [-0.25, -0.2) is 4.39 Å². The average molecular weight is 355 g/mol. The molecule has 4 N–H and O–H groups in total. The number of halogens is 1. The van der Waals surface area contributed by atoms with Crippen LogP contribution in [0.15, 0.2) is 54.6 Å². The van der Waals surface area contributed by atoms with E-state index < -0.39 is 24.5 Å². The van der Waals surface area contributed by atoms with Crippen molar-refractivity contribution >= 4 is 22.7 Å². The first kappa shape index (κ1) is 17.6. The minimum absolute atomic E-state index is 0.165. The van der Waals surface area contributed by atoms with Gasteiger partial charge in [0.1, 0.15) is 17.6 Å². The van der Waals surface area contributed by atoms with E-state index >= 15 is 0 Å². The minimum atomic E-state index is -1.09. The number of nitrogens with one attached hydrogen (secondary N) is 3. The van der Waals surface area contributed by atoms with Crippen LogP contribution in [0.1, 0.15) is 16.1 Å². The summed E-state index contributed by atoms with van der Waals surface area (Å²) in [6.07, 6.45) is 0. The highest BCUT2D eigenvalue weighted by Gasteiger charge is 2.21. The van der Waals surface area contributed by atoms with Crippen molar-refractivity contribution in [2.45, 2.75) is 12.6 Å². The molecule has 2 aromatic carbocycles. The van der Waals surface area contributed by atoms with Gasteiger partial charge in [0.25, 0.3) is 5.91 Å². The van der Waals surface area contributed by atoms with Gasteiger partial charge in [0, 0.05) is 17.4 Å². The summed E-state index contributed by atoms with van der Waals surface area (Å²) in [6.45, 7) is -0.376. The van der Waals surface area contributed by atoms with Crippen molar-refractivity contribution in [3.63, 3.8) is 0 Å². The van der Waals surface area contributed by atoms with E-state index in [0.29, 0.717) is 11.3 Å². The largest absolute Gasteiger partial charge is 0.394 e. The molecule has 0 saturated carbocycles. The van der Waals surface area contributed by atoms with Gasteiger partial charge < -0.3 is 20.7 Å². The Morgan fingerprint density at radius 2 is 1.85 bits per heavy atom. The number of carbonyl (C=O) groups is 2. The molecule has 134 valence electrons. The monoisotopic (exact) mass is 355 g/mol. The fourth-order valence-corrected chi connectivity index (χ4v) is 2.54. The second-order valence-corrected chi connectivity index (χ2v) is 5.82. The van der Waals surface area contributed by atoms with Gasteiger partial charge in [-0.05, 0) is 29.8 Å². The van der Waals surface area contributed by atoms with Crippen molar-refractivity contribution in [2.24, 2.45) is 0 Å². The molecule has 1 aromatic heterocycles. The van der Waals surface area contributed by atoms with Gasteiger partial charge in [0.15, 0.2) is 0 Å². The predicted octanol–water partition coefficient (Wildman–Crippen LogP) is 1.71. The number of carbonyl (C=O) groups excluding carboxylic acids is 2. The third-order valence-corrected chi connectivity index (χ3v) is 3.96. The maximum absolute atomic E-state index is 12.9. The first-order valence-electron chi connectivity index (χ1n) is 8.08. The molecule has 0 saturated heterocycles. The fourth-order valence-electron chi connectivity index (χ4n) is 2.54. The number of hydrogen-bond donors (Lipinski definition) is 4. The average Bonchev–Trinajstić information content (AvgIpc) is 3.09. The third kappa shape index (κ3) is 4.07. The van der Waals surface area contributed by atoms with E-state index in [1.165, 1.54) is 12.1 Å². The van der Waals surface area contributed by atoms with E-state index in [2.05, 4.69) is 15.6 Å². The van der Waals surface area contributed by atoms with Crippen molar-refractivity contribution in [3.8, 4) is 0 Å². The van der Waals surface area contributed by atoms with Crippen molar-refractivity contribution in [3.05, 3.63) is 71.7 Å². The van der Waals surface area contributed by atoms with E-state index in [1.807, 2.05) is 24.3 Å². The maximum atomic E-state index is 12.9. The summed E-state index contributed by atoms with van der Waals surface area (Å²) in [5.41, 5.74) is 1.81. The Morgan fingerprint density at radius 3 is 2.54 bits per heavy atom. The molecule has 6 nitrogen and oxygen atoms in total. The molecule has 0 aliphatic heterocycles. The summed E-state index contributed by atoms with van der Waals surface area (Å²) in [6, 6.07) is 13.7. The standard InChI is InChI=1S/C19H18FN3O3/c20-14-7-5-12(6-8-14)10-21-18(25)17(11-24)23-19(26)16-9-13-3-1-2-4-15(13)22-16/h1-9,17,22,24H,10-11H2,(H,21,25)(H,23,26)/t17-/m0/s1. The van der Waals surface area contributed by atoms with Crippen LogP contribution in [0.3, 0.4) is 0 Å². The van der Waals surface area contributed by atoms with Crippen molar-refractivity contribution in [1.82, 2.24) is 15.6 Å². The molecule has 0 bridgehead atoms. The summed E-state index contributed by atoms with van der Waals surface area (Å²) in [5, 5.41) is 15.4. The molecule has 2 amide bonds. The van der Waals surface area contributed by atoms with Gasteiger partial charge in [-0.2, -0.15) is 0 Å². The lowest BCUT2D eigenvalue weighted by Gasteiger charge is -2.15. The number of aliphatic hydroxyl groups excluding tert-OH is 1. The summed E-state index contributed by atoms with van der Waals surface area (Å²) >= 11 is 0. The summed E-state index contributed by atoms with van der Waals surface area (Å²) in [5.74, 6) is -1.38. The second kappa shape index (κ2) is 7.79. The van der Waals surface area contributed by atoms with Crippen LogP contribution in [-0.4, -0.2) is 34.6 Å². The Labute approximate surface area is 149 Å². The molecule has 1 atom stereocenters. The molecule has 3 aromatic rings. The number of amides is 2. The molecule has 7 heteroatoms. The number of benzene rings is 2. The van der Waals surface area contributed by atoms with Crippen LogP contribution in [-0.2, 0) is 11.3 Å². The number of para-hydroxylation sites is 1. The molecule has 0 fully saturated rings. The van der Waals surface area contributed by atoms with Gasteiger partial charge in [-0.1, -0.05) is 30.3 Å². The molecule has 0 spiro atoms. The quantitative estimate of drug-likeness (QED) is 0.542. The van der Waals surface area contributed by atoms with Crippen LogP contribution in [0, 0.1) is 5.82 Å². The van der Waals surface area contributed by atoms with Gasteiger partial charge in [0.2, 0.25) is 5.91 Å². The zero-order valence-corrected chi connectivity index (χ0v) is 13.8. The number of rotatable bonds is 6. The first-order valence-corrected chi connectivity index (χ1v) is 8.08. The molecule has 0 unspecified atom stereocenters. The van der Waals surface area contributed by atoms with E-state index in [9.17, 15) is 19.1 Å². The number of fused-ring (bicyclic) bond motifs is 1. The minimum Gasteiger partial charge on any atom is -0.394 e. The van der Waals surface area contributed by atoms with Gasteiger partial charge in [-0.3, -0.25) is 9.59 Å². The summed E-state index contributed by atoms with van der Waals surface area (Å²) < 4.78 is 12.9. The molecule has 0 radical (unpaired) electrons. The van der Waals surface area contributed by atoms with Crippen LogP contribution in [0.2, 0.25) is 0 Å². The zero-order chi connectivity index (χ0) is 18.5. The lowest BCUT2D eigenvalue weighted by molar-refractivity contribution is -0.124. The number of aromatic amines is 1. The Hall–Kier alpha value is -3.19. The van der Waals surface area contributed by atoms with E-state index in [4.69, 9.17) is 0 Å². The second-order valence-electron chi connectivity index (χ2n) is 5.82. The number of aromatic nitrogens is 1. The zero-order valence-electron chi connectivity index (χ0n) is 13.8. The van der Waals surface area contributed by atoms with Gasteiger partial charge >= 0.3 is 0 Å². The highest BCUT2D eigenvalue weighted by molar-refractivity contribution is 6.00.